The van der Waals surface area contributed by atoms with Gasteiger partial charge in [-0.2, -0.15) is 0 Å². The van der Waals surface area contributed by atoms with Gasteiger partial charge in [-0.05, 0) is 37.1 Å². The van der Waals surface area contributed by atoms with Crippen LogP contribution in [0.3, 0.4) is 0 Å². The minimum Gasteiger partial charge on any atom is -0.462 e. The Morgan fingerprint density at radius 1 is 1.35 bits per heavy atom. The van der Waals surface area contributed by atoms with E-state index >= 15 is 0 Å². The van der Waals surface area contributed by atoms with Crippen LogP contribution in [0.5, 0.6) is 0 Å². The van der Waals surface area contributed by atoms with E-state index in [1.165, 1.54) is 4.85 Å². The molecule has 0 bridgehead atoms. The highest BCUT2D eigenvalue weighted by Crippen LogP contribution is 2.08. The molecule has 0 aliphatic carbocycles. The number of hydrogen-bond acceptors (Lipinski definition) is 6. The maximum Gasteiger partial charge on any atom is 0.333 e. The highest BCUT2D eigenvalue weighted by molar-refractivity contribution is 5.86. The topological polar surface area (TPSA) is 86.5 Å². The van der Waals surface area contributed by atoms with Gasteiger partial charge in [0.15, 0.2) is 0 Å². The van der Waals surface area contributed by atoms with Crippen molar-refractivity contribution < 1.29 is 19.5 Å². The molecule has 0 saturated heterocycles. The Morgan fingerprint density at radius 3 is 2.91 bits per heavy atom. The maximum atomic E-state index is 11.2. The van der Waals surface area contributed by atoms with Crippen molar-refractivity contribution >= 4 is 17.0 Å². The summed E-state index contributed by atoms with van der Waals surface area (Å²) in [6.07, 6.45) is 1.06. The molecule has 2 rings (SSSR count). The van der Waals surface area contributed by atoms with Crippen LogP contribution >= 0.6 is 0 Å². The summed E-state index contributed by atoms with van der Waals surface area (Å²) >= 11 is 0. The zero-order valence-corrected chi connectivity index (χ0v) is 13.1. The molecule has 7 heteroatoms. The van der Waals surface area contributed by atoms with Crippen LogP contribution in [-0.2, 0) is 9.53 Å². The number of nitrogens with zero attached hydrogens (tertiary/aromatic N) is 3. The number of hydrogen-bond donors (Lipinski definition) is 1. The van der Waals surface area contributed by atoms with Gasteiger partial charge in [-0.3, -0.25) is 0 Å². The molecule has 7 nitrogen and oxygen atoms in total. The second kappa shape index (κ2) is 8.28. The Hall–Kier alpha value is -2.41. The first-order chi connectivity index (χ1) is 11.1. The lowest BCUT2D eigenvalue weighted by Gasteiger charge is -2.11. The van der Waals surface area contributed by atoms with E-state index in [1.807, 2.05) is 24.3 Å². The van der Waals surface area contributed by atoms with Gasteiger partial charge < -0.3 is 14.7 Å². The third kappa shape index (κ3) is 5.07. The molecule has 0 aliphatic heterocycles. The van der Waals surface area contributed by atoms with Crippen molar-refractivity contribution in [1.82, 2.24) is 15.2 Å². The molecule has 2 aromatic rings. The third-order valence-corrected chi connectivity index (χ3v) is 3.25. The van der Waals surface area contributed by atoms with Gasteiger partial charge in [0, 0.05) is 12.0 Å². The van der Waals surface area contributed by atoms with Crippen LogP contribution in [0.15, 0.2) is 36.4 Å². The molecule has 1 unspecified atom stereocenters. The highest BCUT2D eigenvalue weighted by atomic mass is 16.7. The van der Waals surface area contributed by atoms with Crippen LogP contribution < -0.4 is 4.84 Å². The number of aliphatic hydroxyl groups is 1. The monoisotopic (exact) mass is 319 g/mol. The molecule has 0 saturated carbocycles. The van der Waals surface area contributed by atoms with Gasteiger partial charge in [0.25, 0.3) is 0 Å². The Labute approximate surface area is 134 Å². The van der Waals surface area contributed by atoms with Crippen LogP contribution in [0, 0.1) is 0 Å². The molecule has 0 fully saturated rings. The predicted octanol–water partition coefficient (Wildman–Crippen LogP) is 1.51. The summed E-state index contributed by atoms with van der Waals surface area (Å²) < 4.78 is 4.96. The lowest BCUT2D eigenvalue weighted by atomic mass is 10.1. The first kappa shape index (κ1) is 17.0. The molecular weight excluding hydrogens is 298 g/mol. The first-order valence-electron chi connectivity index (χ1n) is 7.52. The van der Waals surface area contributed by atoms with Crippen LogP contribution in [0.4, 0.5) is 0 Å². The summed E-state index contributed by atoms with van der Waals surface area (Å²) in [7, 11) is 0. The maximum absolute atomic E-state index is 11.2. The number of carbonyl (C=O) groups excluding carboxylic acids is 1. The molecular formula is C16H21N3O4. The number of fused-ring (bicyclic) bond motifs is 1. The molecule has 1 N–H and O–H groups in total. The number of benzene rings is 1. The molecule has 1 aromatic heterocycles. The van der Waals surface area contributed by atoms with E-state index in [-0.39, 0.29) is 6.61 Å². The Balaban J connectivity index is 1.64. The zero-order valence-electron chi connectivity index (χ0n) is 13.1. The quantitative estimate of drug-likeness (QED) is 0.428. The smallest absolute Gasteiger partial charge is 0.333 e. The normalized spacial score (nSPS) is 12.1. The van der Waals surface area contributed by atoms with E-state index < -0.39 is 12.1 Å². The lowest BCUT2D eigenvalue weighted by molar-refractivity contribution is -0.139. The van der Waals surface area contributed by atoms with E-state index in [0.717, 1.165) is 11.0 Å². The van der Waals surface area contributed by atoms with E-state index in [1.54, 1.807) is 6.92 Å². The van der Waals surface area contributed by atoms with E-state index in [9.17, 15) is 9.90 Å². The number of esters is 1. The molecule has 0 aliphatic rings. The summed E-state index contributed by atoms with van der Waals surface area (Å²) in [6, 6.07) is 7.48. The fraction of sp³-hybridized carbons (Fsp3) is 0.438. The average molecular weight is 319 g/mol. The number of rotatable bonds is 9. The standard InChI is InChI=1S/C16H21N3O4/c1-12(2)16(21)22-10-5-6-13(20)9-11-23-19-15-8-4-3-7-14(15)17-18-19/h3-4,7-8,13,20H,1,5-6,9-11H2,2H3. The van der Waals surface area contributed by atoms with E-state index in [2.05, 4.69) is 16.9 Å². The minimum atomic E-state index is -0.520. The Bertz CT molecular complexity index is 668. The Morgan fingerprint density at radius 2 is 2.13 bits per heavy atom. The fourth-order valence-corrected chi connectivity index (χ4v) is 1.97. The molecule has 23 heavy (non-hydrogen) atoms. The second-order valence-corrected chi connectivity index (χ2v) is 5.29. The molecule has 1 aromatic carbocycles. The van der Waals surface area contributed by atoms with Crippen molar-refractivity contribution in [2.24, 2.45) is 0 Å². The van der Waals surface area contributed by atoms with Gasteiger partial charge in [0.05, 0.1) is 12.7 Å². The first-order valence-corrected chi connectivity index (χ1v) is 7.52. The summed E-state index contributed by atoms with van der Waals surface area (Å²) in [5.41, 5.74) is 1.92. The Kier molecular flexibility index (Phi) is 6.10. The predicted molar refractivity (Wildman–Crippen MR) is 84.6 cm³/mol. The number of aromatic nitrogens is 3. The van der Waals surface area contributed by atoms with Crippen molar-refractivity contribution in [1.29, 1.82) is 0 Å². The largest absolute Gasteiger partial charge is 0.462 e. The summed E-state index contributed by atoms with van der Waals surface area (Å²) in [4.78, 5) is 18.0. The molecule has 1 heterocycles. The summed E-state index contributed by atoms with van der Waals surface area (Å²) in [5, 5.41) is 17.8. The van der Waals surface area contributed by atoms with Gasteiger partial charge in [0.2, 0.25) is 0 Å². The van der Waals surface area contributed by atoms with Crippen molar-refractivity contribution in [3.63, 3.8) is 0 Å². The van der Waals surface area contributed by atoms with Gasteiger partial charge in [-0.25, -0.2) is 4.79 Å². The zero-order chi connectivity index (χ0) is 16.7. The van der Waals surface area contributed by atoms with Crippen LogP contribution in [-0.4, -0.2) is 45.6 Å². The summed E-state index contributed by atoms with van der Waals surface area (Å²) in [5.74, 6) is -0.402. The van der Waals surface area contributed by atoms with Crippen LogP contribution in [0.2, 0.25) is 0 Å². The number of carbonyl (C=O) groups is 1. The van der Waals surface area contributed by atoms with Gasteiger partial charge >= 0.3 is 5.97 Å². The van der Waals surface area contributed by atoms with Crippen molar-refractivity contribution in [3.8, 4) is 0 Å². The van der Waals surface area contributed by atoms with Gasteiger partial charge in [0.1, 0.15) is 17.6 Å². The number of ether oxygens (including phenoxy) is 1. The van der Waals surface area contributed by atoms with E-state index in [4.69, 9.17) is 9.57 Å². The highest BCUT2D eigenvalue weighted by Gasteiger charge is 2.08. The third-order valence-electron chi connectivity index (χ3n) is 3.25. The SMILES string of the molecule is C=C(C)C(=O)OCCCC(O)CCOn1nnc2ccccc21. The van der Waals surface area contributed by atoms with Crippen LogP contribution in [0.1, 0.15) is 26.2 Å². The van der Waals surface area contributed by atoms with Crippen molar-refractivity contribution in [2.45, 2.75) is 32.3 Å². The van der Waals surface area contributed by atoms with Crippen molar-refractivity contribution in [2.75, 3.05) is 13.2 Å². The van der Waals surface area contributed by atoms with Gasteiger partial charge in [-0.15, -0.1) is 5.10 Å². The van der Waals surface area contributed by atoms with Gasteiger partial charge in [-0.1, -0.05) is 23.6 Å². The second-order valence-electron chi connectivity index (χ2n) is 5.29. The lowest BCUT2D eigenvalue weighted by Crippen LogP contribution is -2.19. The number of para-hydroxylation sites is 1. The molecule has 0 spiro atoms. The van der Waals surface area contributed by atoms with Crippen LogP contribution in [0.25, 0.3) is 11.0 Å². The van der Waals surface area contributed by atoms with E-state index in [0.29, 0.717) is 31.4 Å². The van der Waals surface area contributed by atoms with Crippen molar-refractivity contribution in [3.05, 3.63) is 36.4 Å². The minimum absolute atomic E-state index is 0.275. The number of aliphatic hydroxyl groups excluding tert-OH is 1. The summed E-state index contributed by atoms with van der Waals surface area (Å²) in [6.45, 7) is 5.70. The molecule has 124 valence electrons. The average Bonchev–Trinajstić information content (AvgIpc) is 2.94. The molecule has 0 radical (unpaired) electrons. The molecule has 1 atom stereocenters. The molecule has 0 amide bonds. The fourth-order valence-electron chi connectivity index (χ4n) is 1.97.